The Morgan fingerprint density at radius 2 is 1.90 bits per heavy atom. The number of carbonyl (C=O) groups is 3. The molecule has 0 aromatic heterocycles. The maximum absolute atomic E-state index is 14.4. The average Bonchev–Trinajstić information content (AvgIpc) is 3.13. The van der Waals surface area contributed by atoms with Gasteiger partial charge in [-0.2, -0.15) is 0 Å². The molecule has 3 aliphatic heterocycles. The zero-order valence-corrected chi connectivity index (χ0v) is 17.0. The highest BCUT2D eigenvalue weighted by Crippen LogP contribution is 2.28. The minimum atomic E-state index is -0.738. The van der Waals surface area contributed by atoms with Crippen LogP contribution in [0.25, 0.3) is 0 Å². The van der Waals surface area contributed by atoms with E-state index in [9.17, 15) is 18.8 Å². The number of likely N-dealkylation sites (N-methyl/N-ethyl adjacent to an activating group) is 1. The highest BCUT2D eigenvalue weighted by Gasteiger charge is 2.50. The van der Waals surface area contributed by atoms with E-state index >= 15 is 0 Å². The second-order valence-corrected chi connectivity index (χ2v) is 7.63. The quantitative estimate of drug-likeness (QED) is 0.772. The molecule has 3 heterocycles. The summed E-state index contributed by atoms with van der Waals surface area (Å²) in [5.74, 6) is -0.157. The van der Waals surface area contributed by atoms with Crippen LogP contribution >= 0.6 is 0 Å². The smallest absolute Gasteiger partial charge is 0.325 e. The molecule has 1 aromatic rings. The van der Waals surface area contributed by atoms with E-state index in [0.29, 0.717) is 44.1 Å². The van der Waals surface area contributed by atoms with Crippen molar-refractivity contribution in [3.8, 4) is 0 Å². The van der Waals surface area contributed by atoms with Gasteiger partial charge in [0.15, 0.2) is 18.2 Å². The predicted octanol–water partition coefficient (Wildman–Crippen LogP) is 0.428. The van der Waals surface area contributed by atoms with Crippen molar-refractivity contribution in [3.05, 3.63) is 35.6 Å². The molecule has 160 valence electrons. The number of urea groups is 1. The van der Waals surface area contributed by atoms with Crippen LogP contribution in [0.15, 0.2) is 29.3 Å². The van der Waals surface area contributed by atoms with Crippen molar-refractivity contribution in [2.45, 2.75) is 32.1 Å². The van der Waals surface area contributed by atoms with Gasteiger partial charge in [0.2, 0.25) is 5.91 Å². The van der Waals surface area contributed by atoms with Crippen LogP contribution in [-0.4, -0.2) is 88.8 Å². The number of piperazine rings is 1. The Labute approximate surface area is 174 Å². The fourth-order valence-electron chi connectivity index (χ4n) is 4.13. The summed E-state index contributed by atoms with van der Waals surface area (Å²) in [4.78, 5) is 48.4. The number of guanidine groups is 1. The van der Waals surface area contributed by atoms with Gasteiger partial charge >= 0.3 is 6.03 Å². The average molecular weight is 416 g/mol. The number of nitrogens with zero attached hydrogens (tertiary/aromatic N) is 5. The van der Waals surface area contributed by atoms with Gasteiger partial charge in [-0.25, -0.2) is 14.2 Å². The van der Waals surface area contributed by atoms with Crippen LogP contribution in [0.5, 0.6) is 0 Å². The number of hydrogen-bond acceptors (Lipinski definition) is 6. The molecule has 10 heteroatoms. The summed E-state index contributed by atoms with van der Waals surface area (Å²) in [7, 11) is 1.59. The van der Waals surface area contributed by atoms with Crippen LogP contribution in [0.1, 0.15) is 18.9 Å². The zero-order chi connectivity index (χ0) is 21.4. The highest BCUT2D eigenvalue weighted by molar-refractivity contribution is 6.03. The van der Waals surface area contributed by atoms with Gasteiger partial charge in [0.05, 0.1) is 0 Å². The fourth-order valence-corrected chi connectivity index (χ4v) is 4.13. The molecule has 2 unspecified atom stereocenters. The molecule has 0 bridgehead atoms. The van der Waals surface area contributed by atoms with E-state index in [4.69, 9.17) is 4.99 Å². The van der Waals surface area contributed by atoms with Crippen LogP contribution in [-0.2, 0) is 16.1 Å². The Balaban J connectivity index is 1.62. The summed E-state index contributed by atoms with van der Waals surface area (Å²) in [5, 5.41) is 2.35. The standard InChI is InChI=1S/C20H25FN6O3/c1-3-15(28)25-8-10-26(11-9-25)19-22-17-16(18(29)23-20(30)24(17)2)27(19)12-13-6-4-5-7-14(13)21/h4-7,16-17H,3,8-12H2,1-2H3,(H,23,29,30). The summed E-state index contributed by atoms with van der Waals surface area (Å²) >= 11 is 0. The van der Waals surface area contributed by atoms with Gasteiger partial charge in [-0.15, -0.1) is 0 Å². The Kier molecular flexibility index (Phi) is 5.31. The number of rotatable bonds is 3. The molecule has 1 aromatic carbocycles. The maximum atomic E-state index is 14.4. The lowest BCUT2D eigenvalue weighted by Gasteiger charge is -2.40. The van der Waals surface area contributed by atoms with Crippen molar-refractivity contribution in [1.82, 2.24) is 24.9 Å². The van der Waals surface area contributed by atoms with Crippen LogP contribution < -0.4 is 5.32 Å². The summed E-state index contributed by atoms with van der Waals surface area (Å²) in [6.45, 7) is 4.19. The van der Waals surface area contributed by atoms with Gasteiger partial charge in [-0.3, -0.25) is 14.9 Å². The highest BCUT2D eigenvalue weighted by atomic mass is 19.1. The first-order valence-corrected chi connectivity index (χ1v) is 10.1. The molecule has 2 atom stereocenters. The van der Waals surface area contributed by atoms with Crippen LogP contribution in [0.3, 0.4) is 0 Å². The summed E-state index contributed by atoms with van der Waals surface area (Å²) in [6, 6.07) is 5.17. The minimum Gasteiger partial charge on any atom is -0.339 e. The monoisotopic (exact) mass is 416 g/mol. The molecule has 0 aliphatic carbocycles. The number of benzene rings is 1. The molecular weight excluding hydrogens is 391 g/mol. The van der Waals surface area contributed by atoms with Crippen molar-refractivity contribution >= 4 is 23.8 Å². The molecule has 0 radical (unpaired) electrons. The van der Waals surface area contributed by atoms with Gasteiger partial charge < -0.3 is 19.6 Å². The van der Waals surface area contributed by atoms with Crippen LogP contribution in [0, 0.1) is 5.82 Å². The lowest BCUT2D eigenvalue weighted by Crippen LogP contribution is -2.64. The van der Waals surface area contributed by atoms with Crippen molar-refractivity contribution < 1.29 is 18.8 Å². The number of halogens is 1. The number of hydrogen-bond donors (Lipinski definition) is 1. The third-order valence-electron chi connectivity index (χ3n) is 5.85. The van der Waals surface area contributed by atoms with Gasteiger partial charge in [-0.05, 0) is 6.07 Å². The number of aliphatic imine (C=N–C) groups is 1. The Morgan fingerprint density at radius 1 is 1.20 bits per heavy atom. The Morgan fingerprint density at radius 3 is 2.57 bits per heavy atom. The normalized spacial score (nSPS) is 24.0. The molecule has 1 N–H and O–H groups in total. The largest absolute Gasteiger partial charge is 0.339 e. The Bertz CT molecular complexity index is 898. The number of amides is 4. The number of fused-ring (bicyclic) bond motifs is 1. The van der Waals surface area contributed by atoms with Gasteiger partial charge in [0, 0.05) is 51.8 Å². The third-order valence-corrected chi connectivity index (χ3v) is 5.85. The summed E-state index contributed by atoms with van der Waals surface area (Å²) in [5.41, 5.74) is 0.443. The number of nitrogens with one attached hydrogen (secondary N) is 1. The molecule has 4 amide bonds. The number of carbonyl (C=O) groups excluding carboxylic acids is 3. The zero-order valence-electron chi connectivity index (χ0n) is 17.0. The van der Waals surface area contributed by atoms with Crippen molar-refractivity contribution in [2.75, 3.05) is 33.2 Å². The lowest BCUT2D eigenvalue weighted by atomic mass is 10.1. The summed E-state index contributed by atoms with van der Waals surface area (Å²) < 4.78 is 14.4. The lowest BCUT2D eigenvalue weighted by molar-refractivity contribution is -0.132. The number of imide groups is 1. The fraction of sp³-hybridized carbons (Fsp3) is 0.500. The first-order valence-electron chi connectivity index (χ1n) is 10.1. The van der Waals surface area contributed by atoms with E-state index in [-0.39, 0.29) is 18.3 Å². The maximum Gasteiger partial charge on any atom is 0.325 e. The van der Waals surface area contributed by atoms with Gasteiger partial charge in [-0.1, -0.05) is 25.1 Å². The second-order valence-electron chi connectivity index (χ2n) is 7.63. The van der Waals surface area contributed by atoms with E-state index in [1.165, 1.54) is 11.0 Å². The molecule has 0 saturated carbocycles. The van der Waals surface area contributed by atoms with Gasteiger partial charge in [0.1, 0.15) is 5.82 Å². The molecule has 3 aliphatic rings. The first-order chi connectivity index (χ1) is 14.4. The van der Waals surface area contributed by atoms with Crippen LogP contribution in [0.4, 0.5) is 9.18 Å². The first kappa shape index (κ1) is 20.1. The Hall–Kier alpha value is -3.17. The summed E-state index contributed by atoms with van der Waals surface area (Å²) in [6.07, 6.45) is -0.222. The topological polar surface area (TPSA) is 88.6 Å². The predicted molar refractivity (Wildman–Crippen MR) is 107 cm³/mol. The van der Waals surface area contributed by atoms with Crippen molar-refractivity contribution in [3.63, 3.8) is 0 Å². The SMILES string of the molecule is CCC(=O)N1CCN(C2=NC3C(C(=O)NC(=O)N3C)N2Cc2ccccc2F)CC1. The molecule has 30 heavy (non-hydrogen) atoms. The third kappa shape index (κ3) is 3.46. The van der Waals surface area contributed by atoms with Gasteiger partial charge in [0.25, 0.3) is 5.91 Å². The molecular formula is C20H25FN6O3. The molecule has 2 saturated heterocycles. The molecule has 0 spiro atoms. The minimum absolute atomic E-state index is 0.101. The second kappa shape index (κ2) is 7.92. The molecule has 4 rings (SSSR count). The van der Waals surface area contributed by atoms with E-state index < -0.39 is 24.1 Å². The van der Waals surface area contributed by atoms with E-state index in [2.05, 4.69) is 5.32 Å². The van der Waals surface area contributed by atoms with E-state index in [1.54, 1.807) is 30.1 Å². The van der Waals surface area contributed by atoms with E-state index in [0.717, 1.165) is 0 Å². The van der Waals surface area contributed by atoms with E-state index in [1.807, 2.05) is 16.7 Å². The van der Waals surface area contributed by atoms with Crippen molar-refractivity contribution in [2.24, 2.45) is 4.99 Å². The molecule has 2 fully saturated rings. The van der Waals surface area contributed by atoms with Crippen LogP contribution in [0.2, 0.25) is 0 Å². The van der Waals surface area contributed by atoms with Crippen molar-refractivity contribution in [1.29, 1.82) is 0 Å². The molecule has 9 nitrogen and oxygen atoms in total.